The Kier molecular flexibility index (Phi) is 4.99. The summed E-state index contributed by atoms with van der Waals surface area (Å²) in [6, 6.07) is 23.1. The molecule has 4 aromatic rings. The molecule has 2 amide bonds. The number of hydrogen-bond acceptors (Lipinski definition) is 4. The number of amides is 2. The van der Waals surface area contributed by atoms with Crippen LogP contribution >= 0.6 is 0 Å². The molecule has 1 aliphatic heterocycles. The van der Waals surface area contributed by atoms with E-state index >= 15 is 0 Å². The van der Waals surface area contributed by atoms with Gasteiger partial charge in [-0.3, -0.25) is 14.4 Å². The molecule has 0 spiro atoms. The van der Waals surface area contributed by atoms with Crippen LogP contribution in [0.4, 0.5) is 5.69 Å². The SMILES string of the molecule is O=C(NC1CCc2ccccc2NC1=O)c1nn(-c2ccccc2)c2ccccc2c1=O. The number of hydrogen-bond donors (Lipinski definition) is 2. The standard InChI is InChI=1S/C25H20N4O3/c30-23-18-11-5-7-13-21(18)29(17-9-2-1-3-10-17)28-22(23)25(32)27-20-15-14-16-8-4-6-12-19(16)26-24(20)31/h1-13,20H,14-15H2,(H,26,31)(H,27,32). The Hall–Kier alpha value is -4.26. The molecule has 1 unspecified atom stereocenters. The van der Waals surface area contributed by atoms with Gasteiger partial charge in [0, 0.05) is 5.69 Å². The van der Waals surface area contributed by atoms with Gasteiger partial charge in [-0.25, -0.2) is 4.68 Å². The van der Waals surface area contributed by atoms with E-state index in [1.54, 1.807) is 22.9 Å². The van der Waals surface area contributed by atoms with E-state index in [-0.39, 0.29) is 11.6 Å². The summed E-state index contributed by atoms with van der Waals surface area (Å²) >= 11 is 0. The van der Waals surface area contributed by atoms with Gasteiger partial charge in [0.05, 0.1) is 16.6 Å². The van der Waals surface area contributed by atoms with Crippen molar-refractivity contribution in [1.29, 1.82) is 0 Å². The second kappa shape index (κ2) is 8.11. The molecule has 7 heteroatoms. The molecule has 0 fully saturated rings. The zero-order valence-electron chi connectivity index (χ0n) is 17.1. The van der Waals surface area contributed by atoms with Crippen molar-refractivity contribution in [2.24, 2.45) is 0 Å². The van der Waals surface area contributed by atoms with Crippen molar-refractivity contribution in [1.82, 2.24) is 15.1 Å². The van der Waals surface area contributed by atoms with Gasteiger partial charge in [-0.1, -0.05) is 48.5 Å². The highest BCUT2D eigenvalue weighted by molar-refractivity contribution is 6.02. The van der Waals surface area contributed by atoms with E-state index in [9.17, 15) is 14.4 Å². The van der Waals surface area contributed by atoms with Crippen molar-refractivity contribution in [2.45, 2.75) is 18.9 Å². The summed E-state index contributed by atoms with van der Waals surface area (Å²) in [6.45, 7) is 0. The van der Waals surface area contributed by atoms with Crippen LogP contribution < -0.4 is 16.1 Å². The van der Waals surface area contributed by atoms with Gasteiger partial charge < -0.3 is 10.6 Å². The molecular formula is C25H20N4O3. The van der Waals surface area contributed by atoms with Gasteiger partial charge in [-0.15, -0.1) is 0 Å². The van der Waals surface area contributed by atoms with Crippen molar-refractivity contribution in [2.75, 3.05) is 5.32 Å². The number of carbonyl (C=O) groups excluding carboxylic acids is 2. The molecule has 0 saturated heterocycles. The molecule has 7 nitrogen and oxygen atoms in total. The van der Waals surface area contributed by atoms with Crippen LogP contribution in [0.1, 0.15) is 22.5 Å². The Labute approximate surface area is 183 Å². The first-order valence-corrected chi connectivity index (χ1v) is 10.4. The molecule has 1 aromatic heterocycles. The molecule has 1 atom stereocenters. The first-order valence-electron chi connectivity index (χ1n) is 10.4. The number of fused-ring (bicyclic) bond motifs is 2. The molecule has 32 heavy (non-hydrogen) atoms. The minimum absolute atomic E-state index is 0.248. The third kappa shape index (κ3) is 3.54. The number of aromatic nitrogens is 2. The third-order valence-electron chi connectivity index (χ3n) is 5.61. The normalized spacial score (nSPS) is 15.5. The molecular weight excluding hydrogens is 404 g/mol. The van der Waals surface area contributed by atoms with Crippen LogP contribution in [0, 0.1) is 0 Å². The number of para-hydroxylation sites is 3. The lowest BCUT2D eigenvalue weighted by molar-refractivity contribution is -0.118. The van der Waals surface area contributed by atoms with E-state index in [1.165, 1.54) is 0 Å². The van der Waals surface area contributed by atoms with E-state index in [0.717, 1.165) is 16.9 Å². The van der Waals surface area contributed by atoms with Crippen molar-refractivity contribution < 1.29 is 9.59 Å². The number of rotatable bonds is 3. The van der Waals surface area contributed by atoms with Crippen molar-refractivity contribution in [3.05, 3.63) is 100 Å². The van der Waals surface area contributed by atoms with Crippen LogP contribution in [0.2, 0.25) is 0 Å². The van der Waals surface area contributed by atoms with Gasteiger partial charge in [0.1, 0.15) is 6.04 Å². The Morgan fingerprint density at radius 3 is 2.50 bits per heavy atom. The van der Waals surface area contributed by atoms with Crippen LogP contribution in [0.5, 0.6) is 0 Å². The maximum Gasteiger partial charge on any atom is 0.276 e. The van der Waals surface area contributed by atoms with Crippen LogP contribution in [-0.4, -0.2) is 27.6 Å². The summed E-state index contributed by atoms with van der Waals surface area (Å²) in [5.74, 6) is -0.982. The van der Waals surface area contributed by atoms with Crippen molar-refractivity contribution in [3.8, 4) is 5.69 Å². The predicted octanol–water partition coefficient (Wildman–Crippen LogP) is 3.07. The van der Waals surface area contributed by atoms with Crippen LogP contribution in [0.15, 0.2) is 83.7 Å². The smallest absolute Gasteiger partial charge is 0.276 e. The highest BCUT2D eigenvalue weighted by Crippen LogP contribution is 2.22. The molecule has 2 N–H and O–H groups in total. The van der Waals surface area contributed by atoms with Gasteiger partial charge in [0.15, 0.2) is 5.69 Å². The second-order valence-corrected chi connectivity index (χ2v) is 7.65. The van der Waals surface area contributed by atoms with E-state index in [1.807, 2.05) is 60.7 Å². The maximum absolute atomic E-state index is 13.1. The molecule has 2 heterocycles. The third-order valence-corrected chi connectivity index (χ3v) is 5.61. The Balaban J connectivity index is 1.51. The second-order valence-electron chi connectivity index (χ2n) is 7.65. The highest BCUT2D eigenvalue weighted by atomic mass is 16.2. The zero-order valence-corrected chi connectivity index (χ0v) is 17.1. The van der Waals surface area contributed by atoms with Crippen molar-refractivity contribution >= 4 is 28.4 Å². The Morgan fingerprint density at radius 2 is 1.66 bits per heavy atom. The summed E-state index contributed by atoms with van der Waals surface area (Å²) in [5.41, 5.74) is 2.35. The van der Waals surface area contributed by atoms with E-state index in [4.69, 9.17) is 0 Å². The molecule has 0 saturated carbocycles. The summed E-state index contributed by atoms with van der Waals surface area (Å²) in [6.07, 6.45) is 1.05. The fourth-order valence-corrected chi connectivity index (χ4v) is 3.97. The largest absolute Gasteiger partial charge is 0.339 e. The minimum Gasteiger partial charge on any atom is -0.339 e. The summed E-state index contributed by atoms with van der Waals surface area (Å²) in [4.78, 5) is 38.9. The Morgan fingerprint density at radius 1 is 0.938 bits per heavy atom. The quantitative estimate of drug-likeness (QED) is 0.529. The summed E-state index contributed by atoms with van der Waals surface area (Å²) in [7, 11) is 0. The average Bonchev–Trinajstić information content (AvgIpc) is 2.98. The van der Waals surface area contributed by atoms with E-state index in [2.05, 4.69) is 15.7 Å². The number of anilines is 1. The molecule has 1 aliphatic rings. The molecule has 0 radical (unpaired) electrons. The van der Waals surface area contributed by atoms with Gasteiger partial charge in [-0.2, -0.15) is 5.10 Å². The average molecular weight is 424 g/mol. The van der Waals surface area contributed by atoms with Crippen LogP contribution in [0.25, 0.3) is 16.6 Å². The molecule has 3 aromatic carbocycles. The van der Waals surface area contributed by atoms with Crippen LogP contribution in [-0.2, 0) is 11.2 Å². The number of aryl methyl sites for hydroxylation is 1. The van der Waals surface area contributed by atoms with Crippen molar-refractivity contribution in [3.63, 3.8) is 0 Å². The minimum atomic E-state index is -0.771. The van der Waals surface area contributed by atoms with Gasteiger partial charge in [-0.05, 0) is 48.7 Å². The van der Waals surface area contributed by atoms with Gasteiger partial charge in [0.2, 0.25) is 11.3 Å². The van der Waals surface area contributed by atoms with Gasteiger partial charge in [0.25, 0.3) is 5.91 Å². The lowest BCUT2D eigenvalue weighted by atomic mass is 10.1. The number of nitrogens with zero attached hydrogens (tertiary/aromatic N) is 2. The predicted molar refractivity (Wildman–Crippen MR) is 122 cm³/mol. The van der Waals surface area contributed by atoms with E-state index < -0.39 is 17.4 Å². The lowest BCUT2D eigenvalue weighted by Gasteiger charge is -2.16. The number of carbonyl (C=O) groups is 2. The first kappa shape index (κ1) is 19.7. The molecule has 5 rings (SSSR count). The molecule has 0 aliphatic carbocycles. The topological polar surface area (TPSA) is 93.1 Å². The summed E-state index contributed by atoms with van der Waals surface area (Å²) < 4.78 is 1.58. The maximum atomic E-state index is 13.1. The van der Waals surface area contributed by atoms with Gasteiger partial charge >= 0.3 is 0 Å². The number of nitrogens with one attached hydrogen (secondary N) is 2. The first-order chi connectivity index (χ1) is 15.6. The fourth-order valence-electron chi connectivity index (χ4n) is 3.97. The monoisotopic (exact) mass is 424 g/mol. The molecule has 158 valence electrons. The Bertz CT molecular complexity index is 1400. The summed E-state index contributed by atoms with van der Waals surface area (Å²) in [5, 5.41) is 10.3. The number of benzene rings is 3. The molecule has 0 bridgehead atoms. The van der Waals surface area contributed by atoms with E-state index in [0.29, 0.717) is 23.7 Å². The highest BCUT2D eigenvalue weighted by Gasteiger charge is 2.27. The lowest BCUT2D eigenvalue weighted by Crippen LogP contribution is -2.45. The van der Waals surface area contributed by atoms with Crippen LogP contribution in [0.3, 0.4) is 0 Å². The fraction of sp³-hybridized carbons (Fsp3) is 0.120. The zero-order chi connectivity index (χ0) is 22.1.